The van der Waals surface area contributed by atoms with Crippen LogP contribution in [0, 0.1) is 0 Å². The van der Waals surface area contributed by atoms with E-state index < -0.39 is 29.9 Å². The van der Waals surface area contributed by atoms with E-state index in [-0.39, 0.29) is 18.5 Å². The van der Waals surface area contributed by atoms with Gasteiger partial charge in [0, 0.05) is 13.1 Å². The second-order valence-electron chi connectivity index (χ2n) is 8.09. The van der Waals surface area contributed by atoms with Crippen LogP contribution in [-0.2, 0) is 20.8 Å². The number of likely N-dealkylation sites (N-methyl/N-ethyl adjacent to an activating group) is 1. The topological polar surface area (TPSA) is 108 Å². The van der Waals surface area contributed by atoms with E-state index in [0.29, 0.717) is 12.8 Å². The van der Waals surface area contributed by atoms with Crippen LogP contribution in [0.15, 0.2) is 24.3 Å². The molecule has 5 amide bonds. The van der Waals surface area contributed by atoms with Gasteiger partial charge in [-0.1, -0.05) is 12.1 Å². The highest BCUT2D eigenvalue weighted by atomic mass is 16.5. The molecule has 1 aromatic rings. The predicted octanol–water partition coefficient (Wildman–Crippen LogP) is 0.675. The third-order valence-corrected chi connectivity index (χ3v) is 5.46. The molecule has 3 rings (SSSR count). The summed E-state index contributed by atoms with van der Waals surface area (Å²) in [4.78, 5) is 51.7. The lowest BCUT2D eigenvalue weighted by Crippen LogP contribution is -2.47. The lowest BCUT2D eigenvalue weighted by Gasteiger charge is -2.23. The van der Waals surface area contributed by atoms with E-state index in [1.54, 1.807) is 14.0 Å². The molecule has 1 aliphatic carbocycles. The lowest BCUT2D eigenvalue weighted by molar-refractivity contribution is -0.139. The van der Waals surface area contributed by atoms with Crippen LogP contribution in [-0.4, -0.2) is 72.4 Å². The van der Waals surface area contributed by atoms with Crippen molar-refractivity contribution in [1.29, 1.82) is 0 Å². The van der Waals surface area contributed by atoms with Gasteiger partial charge < -0.3 is 20.3 Å². The Hall–Kier alpha value is -3.10. The predicted molar refractivity (Wildman–Crippen MR) is 109 cm³/mol. The number of amides is 5. The molecule has 1 aromatic carbocycles. The normalized spacial score (nSPS) is 20.7. The number of imide groups is 1. The number of nitrogens with zero attached hydrogens (tertiary/aromatic N) is 2. The van der Waals surface area contributed by atoms with Crippen molar-refractivity contribution in [3.8, 4) is 5.75 Å². The molecule has 0 spiro atoms. The number of carbonyl (C=O) groups is 4. The molecule has 1 heterocycles. The average molecular weight is 416 g/mol. The van der Waals surface area contributed by atoms with E-state index in [0.717, 1.165) is 29.1 Å². The van der Waals surface area contributed by atoms with Crippen LogP contribution >= 0.6 is 0 Å². The summed E-state index contributed by atoms with van der Waals surface area (Å²) in [5.74, 6) is -0.404. The van der Waals surface area contributed by atoms with E-state index in [1.165, 1.54) is 11.9 Å². The van der Waals surface area contributed by atoms with Gasteiger partial charge in [0.2, 0.25) is 11.8 Å². The zero-order valence-corrected chi connectivity index (χ0v) is 17.6. The van der Waals surface area contributed by atoms with Crippen LogP contribution < -0.4 is 15.4 Å². The largest absolute Gasteiger partial charge is 0.497 e. The number of carbonyl (C=O) groups excluding carboxylic acids is 4. The fourth-order valence-electron chi connectivity index (χ4n) is 3.31. The number of aryl methyl sites for hydroxylation is 1. The van der Waals surface area contributed by atoms with Gasteiger partial charge in [-0.15, -0.1) is 0 Å². The Bertz CT molecular complexity index is 836. The SMILES string of the molecule is COc1ccc(CC[C@]2(C)NC(=O)N(CC(=O)N(C)CC(=O)NC3CC3)C2=O)cc1. The second-order valence-corrected chi connectivity index (χ2v) is 8.09. The number of benzene rings is 1. The first-order valence-electron chi connectivity index (χ1n) is 10.0. The average Bonchev–Trinajstić information content (AvgIpc) is 3.50. The van der Waals surface area contributed by atoms with Gasteiger partial charge in [-0.25, -0.2) is 4.79 Å². The van der Waals surface area contributed by atoms with Gasteiger partial charge >= 0.3 is 6.03 Å². The molecule has 0 unspecified atom stereocenters. The molecule has 1 saturated heterocycles. The highest BCUT2D eigenvalue weighted by Gasteiger charge is 2.48. The fourth-order valence-corrected chi connectivity index (χ4v) is 3.31. The minimum atomic E-state index is -1.08. The fraction of sp³-hybridized carbons (Fsp3) is 0.524. The number of hydrogen-bond acceptors (Lipinski definition) is 5. The number of methoxy groups -OCH3 is 1. The van der Waals surface area contributed by atoms with Crippen LogP contribution in [0.1, 0.15) is 31.7 Å². The number of urea groups is 1. The number of rotatable bonds is 9. The molecule has 2 aliphatic rings. The van der Waals surface area contributed by atoms with E-state index in [2.05, 4.69) is 10.6 Å². The van der Waals surface area contributed by atoms with Crippen molar-refractivity contribution < 1.29 is 23.9 Å². The molecule has 1 atom stereocenters. The maximum absolute atomic E-state index is 12.9. The summed E-state index contributed by atoms with van der Waals surface area (Å²) in [6.07, 6.45) is 2.89. The van der Waals surface area contributed by atoms with Crippen LogP contribution in [0.4, 0.5) is 4.79 Å². The zero-order chi connectivity index (χ0) is 21.9. The summed E-state index contributed by atoms with van der Waals surface area (Å²) in [6.45, 7) is 1.16. The first-order valence-corrected chi connectivity index (χ1v) is 10.0. The summed E-state index contributed by atoms with van der Waals surface area (Å²) >= 11 is 0. The van der Waals surface area contributed by atoms with Gasteiger partial charge in [0.25, 0.3) is 5.91 Å². The highest BCUT2D eigenvalue weighted by molar-refractivity contribution is 6.08. The highest BCUT2D eigenvalue weighted by Crippen LogP contribution is 2.24. The molecular weight excluding hydrogens is 388 g/mol. The molecule has 0 bridgehead atoms. The summed E-state index contributed by atoms with van der Waals surface area (Å²) < 4.78 is 5.14. The maximum atomic E-state index is 12.9. The summed E-state index contributed by atoms with van der Waals surface area (Å²) in [6, 6.07) is 7.11. The summed E-state index contributed by atoms with van der Waals surface area (Å²) in [7, 11) is 3.08. The van der Waals surface area contributed by atoms with Crippen LogP contribution in [0.2, 0.25) is 0 Å². The second kappa shape index (κ2) is 8.73. The van der Waals surface area contributed by atoms with Gasteiger partial charge in [0.15, 0.2) is 0 Å². The third-order valence-electron chi connectivity index (χ3n) is 5.46. The quantitative estimate of drug-likeness (QED) is 0.576. The van der Waals surface area contributed by atoms with E-state index >= 15 is 0 Å². The van der Waals surface area contributed by atoms with Crippen LogP contribution in [0.25, 0.3) is 0 Å². The van der Waals surface area contributed by atoms with Gasteiger partial charge in [0.1, 0.15) is 17.8 Å². The van der Waals surface area contributed by atoms with E-state index in [9.17, 15) is 19.2 Å². The molecule has 0 aromatic heterocycles. The van der Waals surface area contributed by atoms with Crippen LogP contribution in [0.3, 0.4) is 0 Å². The van der Waals surface area contributed by atoms with Crippen molar-refractivity contribution in [1.82, 2.24) is 20.4 Å². The molecule has 9 heteroatoms. The summed E-state index contributed by atoms with van der Waals surface area (Å²) in [5, 5.41) is 5.51. The Morgan fingerprint density at radius 2 is 1.93 bits per heavy atom. The molecule has 0 radical (unpaired) electrons. The number of hydrogen-bond donors (Lipinski definition) is 2. The standard InChI is InChI=1S/C21H28N4O5/c1-21(11-10-14-4-8-16(30-3)9-5-14)19(28)25(20(29)23-21)13-18(27)24(2)12-17(26)22-15-6-7-15/h4-5,8-9,15H,6-7,10-13H2,1-3H3,(H,22,26)(H,23,29)/t21-/m0/s1. The molecule has 30 heavy (non-hydrogen) atoms. The minimum absolute atomic E-state index is 0.103. The van der Waals surface area contributed by atoms with E-state index in [1.807, 2.05) is 24.3 Å². The zero-order valence-electron chi connectivity index (χ0n) is 17.6. The van der Waals surface area contributed by atoms with Crippen LogP contribution in [0.5, 0.6) is 5.75 Å². The Kier molecular flexibility index (Phi) is 6.28. The van der Waals surface area contributed by atoms with Crippen molar-refractivity contribution >= 4 is 23.8 Å². The Morgan fingerprint density at radius 1 is 1.27 bits per heavy atom. The van der Waals surface area contributed by atoms with Crippen molar-refractivity contribution in [3.63, 3.8) is 0 Å². The molecule has 2 N–H and O–H groups in total. The molecular formula is C21H28N4O5. The van der Waals surface area contributed by atoms with Gasteiger partial charge in [0.05, 0.1) is 13.7 Å². The van der Waals surface area contributed by atoms with E-state index in [4.69, 9.17) is 4.74 Å². The molecule has 1 saturated carbocycles. The third kappa shape index (κ3) is 5.08. The number of ether oxygens (including phenoxy) is 1. The monoisotopic (exact) mass is 416 g/mol. The first-order chi connectivity index (χ1) is 14.2. The minimum Gasteiger partial charge on any atom is -0.497 e. The smallest absolute Gasteiger partial charge is 0.325 e. The summed E-state index contributed by atoms with van der Waals surface area (Å²) in [5.41, 5.74) is -0.0748. The maximum Gasteiger partial charge on any atom is 0.325 e. The molecule has 9 nitrogen and oxygen atoms in total. The van der Waals surface area contributed by atoms with Crippen molar-refractivity contribution in [2.24, 2.45) is 0 Å². The van der Waals surface area contributed by atoms with Crippen molar-refractivity contribution in [2.75, 3.05) is 27.2 Å². The molecule has 1 aliphatic heterocycles. The number of nitrogens with one attached hydrogen (secondary N) is 2. The van der Waals surface area contributed by atoms with Crippen molar-refractivity contribution in [2.45, 2.75) is 44.2 Å². The Labute approximate surface area is 175 Å². The molecule has 2 fully saturated rings. The lowest BCUT2D eigenvalue weighted by atomic mass is 9.93. The molecule has 162 valence electrons. The Morgan fingerprint density at radius 3 is 2.53 bits per heavy atom. The van der Waals surface area contributed by atoms with Gasteiger partial charge in [-0.05, 0) is 50.3 Å². The Balaban J connectivity index is 1.54. The van der Waals surface area contributed by atoms with Gasteiger partial charge in [-0.3, -0.25) is 19.3 Å². The van der Waals surface area contributed by atoms with Crippen molar-refractivity contribution in [3.05, 3.63) is 29.8 Å². The first kappa shape index (κ1) is 21.6. The van der Waals surface area contributed by atoms with Gasteiger partial charge in [-0.2, -0.15) is 0 Å².